The maximum atomic E-state index is 11.3. The molecule has 3 heterocycles. The molecule has 1 amide bonds. The van der Waals surface area contributed by atoms with Crippen molar-refractivity contribution >= 4 is 22.8 Å². The Labute approximate surface area is 141 Å². The number of hydrogen-bond donors (Lipinski definition) is 1. The summed E-state index contributed by atoms with van der Waals surface area (Å²) >= 11 is 0. The highest BCUT2D eigenvalue weighted by Gasteiger charge is 2.29. The third-order valence-electron chi connectivity index (χ3n) is 5.69. The second-order valence-electron chi connectivity index (χ2n) is 7.11. The number of fused-ring (bicyclic) bond motifs is 1. The number of anilines is 1. The van der Waals surface area contributed by atoms with Crippen LogP contribution in [0.15, 0.2) is 16.8 Å². The van der Waals surface area contributed by atoms with Crippen LogP contribution in [0.5, 0.6) is 0 Å². The summed E-state index contributed by atoms with van der Waals surface area (Å²) in [5, 5.41) is 0. The van der Waals surface area contributed by atoms with Gasteiger partial charge >= 0.3 is 0 Å². The zero-order valence-electron chi connectivity index (χ0n) is 13.9. The maximum absolute atomic E-state index is 11.3. The summed E-state index contributed by atoms with van der Waals surface area (Å²) in [4.78, 5) is 22.2. The minimum atomic E-state index is -0.574. The topological polar surface area (TPSA) is 85.2 Å². The Morgan fingerprint density at radius 3 is 2.50 bits per heavy atom. The van der Waals surface area contributed by atoms with Crippen LogP contribution in [-0.4, -0.2) is 29.0 Å². The van der Waals surface area contributed by atoms with Crippen molar-refractivity contribution in [1.82, 2.24) is 9.97 Å². The highest BCUT2D eigenvalue weighted by atomic mass is 16.3. The van der Waals surface area contributed by atoms with E-state index >= 15 is 0 Å². The summed E-state index contributed by atoms with van der Waals surface area (Å²) in [5.74, 6) is 2.11. The van der Waals surface area contributed by atoms with Gasteiger partial charge in [-0.3, -0.25) is 4.79 Å². The second-order valence-corrected chi connectivity index (χ2v) is 7.11. The molecule has 0 radical (unpaired) electrons. The van der Waals surface area contributed by atoms with Gasteiger partial charge in [-0.05, 0) is 24.7 Å². The zero-order valence-corrected chi connectivity index (χ0v) is 13.9. The van der Waals surface area contributed by atoms with Crippen molar-refractivity contribution in [2.24, 2.45) is 17.6 Å². The third-order valence-corrected chi connectivity index (χ3v) is 5.69. The van der Waals surface area contributed by atoms with Crippen LogP contribution in [-0.2, 0) is 0 Å². The number of amides is 1. The van der Waals surface area contributed by atoms with Gasteiger partial charge < -0.3 is 15.1 Å². The number of aromatic nitrogens is 2. The molecule has 0 atom stereocenters. The van der Waals surface area contributed by atoms with Gasteiger partial charge in [0.15, 0.2) is 17.2 Å². The Morgan fingerprint density at radius 2 is 1.79 bits per heavy atom. The normalized spacial score (nSPS) is 20.6. The summed E-state index contributed by atoms with van der Waals surface area (Å²) in [6.45, 7) is 1.97. The molecule has 0 aromatic carbocycles. The number of rotatable bonds is 3. The standard InChI is InChI=1S/C18H24N4O2/c19-17(23)15-10-14-16(24-15)18(21-11-20-14)22-8-6-13(7-9-22)12-4-2-1-3-5-12/h10-13H,1-9H2,(H2,19,23). The van der Waals surface area contributed by atoms with Crippen molar-refractivity contribution in [1.29, 1.82) is 0 Å². The van der Waals surface area contributed by atoms with E-state index in [4.69, 9.17) is 10.2 Å². The molecule has 2 aromatic rings. The van der Waals surface area contributed by atoms with Crippen LogP contribution in [0.2, 0.25) is 0 Å². The Balaban J connectivity index is 1.51. The van der Waals surface area contributed by atoms with Gasteiger partial charge in [-0.25, -0.2) is 9.97 Å². The summed E-state index contributed by atoms with van der Waals surface area (Å²) in [6.07, 6.45) is 11.0. The number of hydrogen-bond acceptors (Lipinski definition) is 5. The number of piperidine rings is 1. The highest BCUT2D eigenvalue weighted by molar-refractivity contribution is 5.96. The first-order valence-corrected chi connectivity index (χ1v) is 9.01. The fourth-order valence-corrected chi connectivity index (χ4v) is 4.38. The molecule has 6 heteroatoms. The first-order chi connectivity index (χ1) is 11.7. The molecule has 6 nitrogen and oxygen atoms in total. The van der Waals surface area contributed by atoms with Gasteiger partial charge in [-0.1, -0.05) is 32.1 Å². The molecule has 1 saturated heterocycles. The van der Waals surface area contributed by atoms with Crippen molar-refractivity contribution in [3.05, 3.63) is 18.2 Å². The lowest BCUT2D eigenvalue weighted by molar-refractivity contribution is 0.0976. The first-order valence-electron chi connectivity index (χ1n) is 9.01. The van der Waals surface area contributed by atoms with Crippen molar-refractivity contribution in [3.8, 4) is 0 Å². The lowest BCUT2D eigenvalue weighted by Crippen LogP contribution is -2.37. The Kier molecular flexibility index (Phi) is 4.12. The molecule has 2 aliphatic rings. The molecule has 0 unspecified atom stereocenters. The number of primary amides is 1. The van der Waals surface area contributed by atoms with E-state index in [1.165, 1.54) is 51.3 Å². The van der Waals surface area contributed by atoms with Gasteiger partial charge in [0.1, 0.15) is 11.8 Å². The van der Waals surface area contributed by atoms with Crippen LogP contribution in [0, 0.1) is 11.8 Å². The fraction of sp³-hybridized carbons (Fsp3) is 0.611. The van der Waals surface area contributed by atoms with Gasteiger partial charge in [-0.15, -0.1) is 0 Å². The lowest BCUT2D eigenvalue weighted by atomic mass is 9.76. The summed E-state index contributed by atoms with van der Waals surface area (Å²) in [7, 11) is 0. The average Bonchev–Trinajstić information content (AvgIpc) is 3.07. The van der Waals surface area contributed by atoms with E-state index in [-0.39, 0.29) is 5.76 Å². The van der Waals surface area contributed by atoms with Crippen LogP contribution < -0.4 is 10.6 Å². The molecule has 128 valence electrons. The number of nitrogens with zero attached hydrogens (tertiary/aromatic N) is 3. The molecule has 4 rings (SSSR count). The van der Waals surface area contributed by atoms with E-state index in [0.717, 1.165) is 30.7 Å². The number of carbonyl (C=O) groups excluding carboxylic acids is 1. The van der Waals surface area contributed by atoms with Crippen LogP contribution in [0.25, 0.3) is 11.1 Å². The molecule has 1 saturated carbocycles. The molecular formula is C18H24N4O2. The minimum Gasteiger partial charge on any atom is -0.445 e. The number of furan rings is 1. The summed E-state index contributed by atoms with van der Waals surface area (Å²) < 4.78 is 5.62. The quantitative estimate of drug-likeness (QED) is 0.935. The maximum Gasteiger partial charge on any atom is 0.284 e. The lowest BCUT2D eigenvalue weighted by Gasteiger charge is -2.38. The molecular weight excluding hydrogens is 304 g/mol. The Bertz CT molecular complexity index is 728. The van der Waals surface area contributed by atoms with E-state index in [9.17, 15) is 4.79 Å². The average molecular weight is 328 g/mol. The molecule has 2 aromatic heterocycles. The van der Waals surface area contributed by atoms with Crippen LogP contribution in [0.1, 0.15) is 55.5 Å². The smallest absolute Gasteiger partial charge is 0.284 e. The summed E-state index contributed by atoms with van der Waals surface area (Å²) in [6, 6.07) is 1.59. The Morgan fingerprint density at radius 1 is 1.08 bits per heavy atom. The van der Waals surface area contributed by atoms with Crippen molar-refractivity contribution < 1.29 is 9.21 Å². The zero-order chi connectivity index (χ0) is 16.5. The van der Waals surface area contributed by atoms with E-state index in [1.54, 1.807) is 6.07 Å². The summed E-state index contributed by atoms with van der Waals surface area (Å²) in [5.41, 5.74) is 6.53. The molecule has 24 heavy (non-hydrogen) atoms. The van der Waals surface area contributed by atoms with E-state index in [2.05, 4.69) is 14.9 Å². The molecule has 0 bridgehead atoms. The fourth-order valence-electron chi connectivity index (χ4n) is 4.38. The number of carbonyl (C=O) groups is 1. The SMILES string of the molecule is NC(=O)c1cc2ncnc(N3CCC(C4CCCCC4)CC3)c2o1. The predicted octanol–water partition coefficient (Wildman–Crippen LogP) is 3.12. The molecule has 1 aliphatic carbocycles. The van der Waals surface area contributed by atoms with E-state index in [0.29, 0.717) is 11.1 Å². The number of nitrogens with two attached hydrogens (primary N) is 1. The van der Waals surface area contributed by atoms with Crippen LogP contribution >= 0.6 is 0 Å². The van der Waals surface area contributed by atoms with Gasteiger partial charge in [0.05, 0.1) is 0 Å². The van der Waals surface area contributed by atoms with Crippen molar-refractivity contribution in [3.63, 3.8) is 0 Å². The highest BCUT2D eigenvalue weighted by Crippen LogP contribution is 2.37. The largest absolute Gasteiger partial charge is 0.445 e. The van der Waals surface area contributed by atoms with E-state index in [1.807, 2.05) is 0 Å². The van der Waals surface area contributed by atoms with E-state index < -0.39 is 5.91 Å². The monoisotopic (exact) mass is 328 g/mol. The van der Waals surface area contributed by atoms with Gasteiger partial charge in [0.2, 0.25) is 0 Å². The third kappa shape index (κ3) is 2.85. The first kappa shape index (κ1) is 15.4. The molecule has 0 spiro atoms. The van der Waals surface area contributed by atoms with Crippen molar-refractivity contribution in [2.45, 2.75) is 44.9 Å². The molecule has 2 N–H and O–H groups in total. The second kappa shape index (κ2) is 6.42. The minimum absolute atomic E-state index is 0.142. The van der Waals surface area contributed by atoms with Crippen LogP contribution in [0.3, 0.4) is 0 Å². The predicted molar refractivity (Wildman–Crippen MR) is 91.8 cm³/mol. The Hall–Kier alpha value is -2.11. The van der Waals surface area contributed by atoms with Gasteiger partial charge in [-0.2, -0.15) is 0 Å². The van der Waals surface area contributed by atoms with Gasteiger partial charge in [0.25, 0.3) is 5.91 Å². The van der Waals surface area contributed by atoms with Crippen LogP contribution in [0.4, 0.5) is 5.82 Å². The molecule has 2 fully saturated rings. The van der Waals surface area contributed by atoms with Crippen molar-refractivity contribution in [2.75, 3.05) is 18.0 Å². The molecule has 1 aliphatic heterocycles. The van der Waals surface area contributed by atoms with Gasteiger partial charge in [0, 0.05) is 19.2 Å².